The second-order valence-corrected chi connectivity index (χ2v) is 4.84. The van der Waals surface area contributed by atoms with E-state index in [4.69, 9.17) is 4.74 Å². The molecular formula is C15H23N5O. The number of hydrogen-bond acceptors (Lipinski definition) is 5. The number of nitrogens with zero attached hydrogens (tertiary/aromatic N) is 4. The van der Waals surface area contributed by atoms with Crippen LogP contribution in [0.2, 0.25) is 0 Å². The summed E-state index contributed by atoms with van der Waals surface area (Å²) in [5.74, 6) is 0.788. The zero-order chi connectivity index (χ0) is 15.1. The van der Waals surface area contributed by atoms with E-state index in [-0.39, 0.29) is 6.04 Å². The topological polar surface area (TPSA) is 64.9 Å². The van der Waals surface area contributed by atoms with Gasteiger partial charge in [-0.05, 0) is 25.5 Å². The average Bonchev–Trinajstić information content (AvgIpc) is 2.92. The summed E-state index contributed by atoms with van der Waals surface area (Å²) >= 11 is 0. The molecule has 0 radical (unpaired) electrons. The predicted molar refractivity (Wildman–Crippen MR) is 81.2 cm³/mol. The molecule has 0 aliphatic heterocycles. The van der Waals surface area contributed by atoms with Crippen LogP contribution in [-0.2, 0) is 6.54 Å². The molecule has 21 heavy (non-hydrogen) atoms. The molecule has 0 aliphatic carbocycles. The van der Waals surface area contributed by atoms with Crippen molar-refractivity contribution in [3.05, 3.63) is 36.2 Å². The van der Waals surface area contributed by atoms with Crippen molar-refractivity contribution in [1.29, 1.82) is 0 Å². The van der Waals surface area contributed by atoms with E-state index in [0.29, 0.717) is 0 Å². The molecule has 0 spiro atoms. The van der Waals surface area contributed by atoms with Gasteiger partial charge in [0.25, 0.3) is 0 Å². The SMILES string of the molecule is CCCNC(c1ccncn1)c1c(OC)cnn1CCC. The highest BCUT2D eigenvalue weighted by Crippen LogP contribution is 2.29. The molecule has 1 unspecified atom stereocenters. The largest absolute Gasteiger partial charge is 0.493 e. The molecule has 2 rings (SSSR count). The van der Waals surface area contributed by atoms with Crippen LogP contribution in [0, 0.1) is 0 Å². The number of aryl methyl sites for hydroxylation is 1. The Balaban J connectivity index is 2.42. The lowest BCUT2D eigenvalue weighted by molar-refractivity contribution is 0.396. The maximum absolute atomic E-state index is 5.49. The number of aromatic nitrogens is 4. The van der Waals surface area contributed by atoms with Crippen molar-refractivity contribution < 1.29 is 4.74 Å². The Hall–Kier alpha value is -1.95. The summed E-state index contributed by atoms with van der Waals surface area (Å²) in [6.45, 7) is 6.03. The van der Waals surface area contributed by atoms with Crippen molar-refractivity contribution in [2.45, 2.75) is 39.3 Å². The first kappa shape index (κ1) is 15.4. The number of ether oxygens (including phenoxy) is 1. The van der Waals surface area contributed by atoms with E-state index in [1.54, 1.807) is 25.8 Å². The predicted octanol–water partition coefficient (Wildman–Crippen LogP) is 2.18. The van der Waals surface area contributed by atoms with Crippen LogP contribution < -0.4 is 10.1 Å². The highest BCUT2D eigenvalue weighted by Gasteiger charge is 2.24. The Morgan fingerprint density at radius 2 is 2.19 bits per heavy atom. The van der Waals surface area contributed by atoms with E-state index in [1.165, 1.54) is 0 Å². The quantitative estimate of drug-likeness (QED) is 0.807. The molecular weight excluding hydrogens is 266 g/mol. The summed E-state index contributed by atoms with van der Waals surface area (Å²) in [6.07, 6.45) is 7.17. The van der Waals surface area contributed by atoms with Crippen LogP contribution in [0.25, 0.3) is 0 Å². The van der Waals surface area contributed by atoms with Crippen LogP contribution in [0.1, 0.15) is 44.1 Å². The number of methoxy groups -OCH3 is 1. The number of hydrogen-bond donors (Lipinski definition) is 1. The maximum atomic E-state index is 5.49. The van der Waals surface area contributed by atoms with Gasteiger partial charge in [-0.25, -0.2) is 9.97 Å². The lowest BCUT2D eigenvalue weighted by Crippen LogP contribution is -2.27. The molecule has 1 N–H and O–H groups in total. The van der Waals surface area contributed by atoms with Gasteiger partial charge in [-0.15, -0.1) is 0 Å². The highest BCUT2D eigenvalue weighted by atomic mass is 16.5. The Morgan fingerprint density at radius 3 is 2.81 bits per heavy atom. The fraction of sp³-hybridized carbons (Fsp3) is 0.533. The first-order valence-corrected chi connectivity index (χ1v) is 7.40. The molecule has 0 aromatic carbocycles. The smallest absolute Gasteiger partial charge is 0.161 e. The van der Waals surface area contributed by atoms with E-state index in [2.05, 4.69) is 34.2 Å². The van der Waals surface area contributed by atoms with Gasteiger partial charge in [0, 0.05) is 12.7 Å². The molecule has 0 bridgehead atoms. The molecule has 2 aromatic heterocycles. The van der Waals surface area contributed by atoms with Crippen molar-refractivity contribution in [2.75, 3.05) is 13.7 Å². The lowest BCUT2D eigenvalue weighted by Gasteiger charge is -2.20. The molecule has 2 heterocycles. The van der Waals surface area contributed by atoms with Gasteiger partial charge >= 0.3 is 0 Å². The van der Waals surface area contributed by atoms with Gasteiger partial charge in [0.2, 0.25) is 0 Å². The van der Waals surface area contributed by atoms with E-state index in [0.717, 1.165) is 43.1 Å². The Kier molecular flexibility index (Phi) is 5.68. The van der Waals surface area contributed by atoms with Gasteiger partial charge in [0.1, 0.15) is 12.0 Å². The van der Waals surface area contributed by atoms with Crippen molar-refractivity contribution >= 4 is 0 Å². The third kappa shape index (κ3) is 3.58. The Labute approximate surface area is 125 Å². The summed E-state index contributed by atoms with van der Waals surface area (Å²) in [7, 11) is 1.67. The Bertz CT molecular complexity index is 540. The summed E-state index contributed by atoms with van der Waals surface area (Å²) < 4.78 is 7.48. The third-order valence-corrected chi connectivity index (χ3v) is 3.27. The first-order chi connectivity index (χ1) is 10.3. The minimum Gasteiger partial charge on any atom is -0.493 e. The van der Waals surface area contributed by atoms with Crippen LogP contribution in [0.4, 0.5) is 0 Å². The molecule has 0 aliphatic rings. The highest BCUT2D eigenvalue weighted by molar-refractivity contribution is 5.33. The standard InChI is InChI=1S/C15H23N5O/c1-4-7-17-14(12-6-8-16-11-18-12)15-13(21-3)10-19-20(15)9-5-2/h6,8,10-11,14,17H,4-5,7,9H2,1-3H3. The molecule has 0 amide bonds. The fourth-order valence-electron chi connectivity index (χ4n) is 2.32. The summed E-state index contributed by atoms with van der Waals surface area (Å²) in [4.78, 5) is 8.39. The van der Waals surface area contributed by atoms with Crippen molar-refractivity contribution in [3.63, 3.8) is 0 Å². The zero-order valence-corrected chi connectivity index (χ0v) is 12.9. The maximum Gasteiger partial charge on any atom is 0.161 e. The first-order valence-electron chi connectivity index (χ1n) is 7.40. The van der Waals surface area contributed by atoms with Crippen LogP contribution in [0.5, 0.6) is 5.75 Å². The van der Waals surface area contributed by atoms with Gasteiger partial charge in [0.05, 0.1) is 25.0 Å². The van der Waals surface area contributed by atoms with Crippen LogP contribution in [-0.4, -0.2) is 33.4 Å². The zero-order valence-electron chi connectivity index (χ0n) is 12.9. The molecule has 1 atom stereocenters. The molecule has 6 heteroatoms. The van der Waals surface area contributed by atoms with Crippen LogP contribution in [0.15, 0.2) is 24.8 Å². The van der Waals surface area contributed by atoms with E-state index < -0.39 is 0 Å². The fourth-order valence-corrected chi connectivity index (χ4v) is 2.32. The molecule has 6 nitrogen and oxygen atoms in total. The van der Waals surface area contributed by atoms with Gasteiger partial charge in [-0.2, -0.15) is 5.10 Å². The molecule has 114 valence electrons. The van der Waals surface area contributed by atoms with E-state index in [1.807, 2.05) is 10.7 Å². The number of rotatable bonds is 8. The molecule has 2 aromatic rings. The lowest BCUT2D eigenvalue weighted by atomic mass is 10.1. The summed E-state index contributed by atoms with van der Waals surface area (Å²) in [6, 6.07) is 1.88. The van der Waals surface area contributed by atoms with Gasteiger partial charge in [-0.1, -0.05) is 13.8 Å². The van der Waals surface area contributed by atoms with Crippen molar-refractivity contribution in [2.24, 2.45) is 0 Å². The van der Waals surface area contributed by atoms with Gasteiger partial charge < -0.3 is 10.1 Å². The van der Waals surface area contributed by atoms with E-state index in [9.17, 15) is 0 Å². The van der Waals surface area contributed by atoms with E-state index >= 15 is 0 Å². The monoisotopic (exact) mass is 289 g/mol. The Morgan fingerprint density at radius 1 is 1.33 bits per heavy atom. The minimum absolute atomic E-state index is 0.0445. The van der Waals surface area contributed by atoms with Crippen molar-refractivity contribution in [3.8, 4) is 5.75 Å². The van der Waals surface area contributed by atoms with Crippen LogP contribution >= 0.6 is 0 Å². The van der Waals surface area contributed by atoms with Gasteiger partial charge in [0.15, 0.2) is 5.75 Å². The second kappa shape index (κ2) is 7.73. The third-order valence-electron chi connectivity index (χ3n) is 3.27. The normalized spacial score (nSPS) is 12.3. The molecule has 0 saturated carbocycles. The molecule has 0 fully saturated rings. The number of nitrogens with one attached hydrogen (secondary N) is 1. The summed E-state index contributed by atoms with van der Waals surface area (Å²) in [5.41, 5.74) is 1.95. The minimum atomic E-state index is -0.0445. The van der Waals surface area contributed by atoms with Crippen molar-refractivity contribution in [1.82, 2.24) is 25.1 Å². The summed E-state index contributed by atoms with van der Waals surface area (Å²) in [5, 5.41) is 7.97. The average molecular weight is 289 g/mol. The molecule has 0 saturated heterocycles. The van der Waals surface area contributed by atoms with Gasteiger partial charge in [-0.3, -0.25) is 4.68 Å². The second-order valence-electron chi connectivity index (χ2n) is 4.84. The van der Waals surface area contributed by atoms with Crippen LogP contribution in [0.3, 0.4) is 0 Å².